The lowest BCUT2D eigenvalue weighted by atomic mass is 10.1. The first kappa shape index (κ1) is 17.2. The van der Waals surface area contributed by atoms with Crippen molar-refractivity contribution in [2.75, 3.05) is 6.61 Å². The van der Waals surface area contributed by atoms with Gasteiger partial charge in [0.2, 0.25) is 5.54 Å². The average molecular weight is 245 g/mol. The highest BCUT2D eigenvalue weighted by atomic mass is 16.6. The molecule has 0 spiro atoms. The van der Waals surface area contributed by atoms with Gasteiger partial charge in [0.05, 0.1) is 0 Å². The predicted octanol–water partition coefficient (Wildman–Crippen LogP) is 1.03. The number of hydrogen-bond acceptors (Lipinski definition) is 5. The number of carboxylic acid groups (broad SMARTS) is 1. The third-order valence-electron chi connectivity index (χ3n) is 1.40. The Hall–Kier alpha value is -2.18. The van der Waals surface area contributed by atoms with E-state index in [1.165, 1.54) is 13.8 Å². The van der Waals surface area contributed by atoms with Crippen molar-refractivity contribution in [2.45, 2.75) is 19.4 Å². The van der Waals surface area contributed by atoms with E-state index in [0.717, 1.165) is 12.2 Å². The minimum absolute atomic E-state index is 0.245. The summed E-state index contributed by atoms with van der Waals surface area (Å²) in [5.41, 5.74) is -1.24. The molecule has 7 nitrogen and oxygen atoms in total. The summed E-state index contributed by atoms with van der Waals surface area (Å²) in [7, 11) is 0. The second-order valence-electron chi connectivity index (χ2n) is 3.42. The van der Waals surface area contributed by atoms with E-state index in [1.807, 2.05) is 0 Å². The molecule has 17 heavy (non-hydrogen) atoms. The molecule has 7 heteroatoms. The molecule has 1 N–H and O–H groups in total. The van der Waals surface area contributed by atoms with E-state index < -0.39 is 22.4 Å². The van der Waals surface area contributed by atoms with Crippen LogP contribution in [0, 0.1) is 10.1 Å². The van der Waals surface area contributed by atoms with Gasteiger partial charge in [0.1, 0.15) is 0 Å². The molecule has 0 saturated heterocycles. The highest BCUT2D eigenvalue weighted by Crippen LogP contribution is 2.07. The normalized spacial score (nSPS) is 9.29. The fraction of sp³-hybridized carbons (Fsp3) is 0.400. The summed E-state index contributed by atoms with van der Waals surface area (Å²) in [5.74, 6) is -1.63. The Balaban J connectivity index is 0. The number of aliphatic carboxylic acids is 1. The zero-order valence-corrected chi connectivity index (χ0v) is 9.71. The fourth-order valence-electron chi connectivity index (χ4n) is 0.359. The van der Waals surface area contributed by atoms with Gasteiger partial charge in [-0.05, 0) is 0 Å². The molecule has 0 aliphatic heterocycles. The standard InChI is InChI=1S/C7H11NO4.C3H4O2/c1-4-6(9)12-5-7(2,3)8(10)11;1-2-3(4)5/h4H,1,5H2,2-3H3;2H,1H2,(H,4,5). The third kappa shape index (κ3) is 10.1. The molecule has 0 aromatic carbocycles. The molecule has 0 radical (unpaired) electrons. The first-order valence-corrected chi connectivity index (χ1v) is 4.46. The molecule has 0 aliphatic rings. The van der Waals surface area contributed by atoms with Crippen molar-refractivity contribution in [3.63, 3.8) is 0 Å². The maximum atomic E-state index is 10.5. The average Bonchev–Trinajstić information content (AvgIpc) is 2.26. The van der Waals surface area contributed by atoms with Crippen molar-refractivity contribution in [3.8, 4) is 0 Å². The van der Waals surface area contributed by atoms with Crippen LogP contribution in [-0.4, -0.2) is 34.1 Å². The summed E-state index contributed by atoms with van der Waals surface area (Å²) in [6.07, 6.45) is 1.80. The van der Waals surface area contributed by atoms with Crippen LogP contribution < -0.4 is 0 Å². The van der Waals surface area contributed by atoms with Gasteiger partial charge in [-0.3, -0.25) is 10.1 Å². The second kappa shape index (κ2) is 8.03. The molecule has 0 heterocycles. The first-order chi connectivity index (χ1) is 7.67. The van der Waals surface area contributed by atoms with E-state index in [9.17, 15) is 19.7 Å². The van der Waals surface area contributed by atoms with Crippen molar-refractivity contribution in [3.05, 3.63) is 35.4 Å². The van der Waals surface area contributed by atoms with Crippen LogP contribution in [0.15, 0.2) is 25.3 Å². The van der Waals surface area contributed by atoms with Crippen LogP contribution in [-0.2, 0) is 14.3 Å². The highest BCUT2D eigenvalue weighted by molar-refractivity contribution is 5.81. The lowest BCUT2D eigenvalue weighted by Crippen LogP contribution is -2.36. The quantitative estimate of drug-likeness (QED) is 0.335. The van der Waals surface area contributed by atoms with Gasteiger partial charge in [0.15, 0.2) is 6.61 Å². The Morgan fingerprint density at radius 2 is 1.82 bits per heavy atom. The predicted molar refractivity (Wildman–Crippen MR) is 60.1 cm³/mol. The van der Waals surface area contributed by atoms with Crippen molar-refractivity contribution in [1.82, 2.24) is 0 Å². The molecule has 0 atom stereocenters. The summed E-state index contributed by atoms with van der Waals surface area (Å²) >= 11 is 0. The van der Waals surface area contributed by atoms with Crippen LogP contribution in [0.3, 0.4) is 0 Å². The van der Waals surface area contributed by atoms with E-state index in [4.69, 9.17) is 5.11 Å². The smallest absolute Gasteiger partial charge is 0.330 e. The molecule has 0 aromatic rings. The van der Waals surface area contributed by atoms with Gasteiger partial charge in [0, 0.05) is 30.9 Å². The van der Waals surface area contributed by atoms with Gasteiger partial charge >= 0.3 is 11.9 Å². The Morgan fingerprint density at radius 3 is 2.06 bits per heavy atom. The third-order valence-corrected chi connectivity index (χ3v) is 1.40. The number of ether oxygens (including phenoxy) is 1. The van der Waals surface area contributed by atoms with Crippen LogP contribution >= 0.6 is 0 Å². The van der Waals surface area contributed by atoms with Gasteiger partial charge in [0.25, 0.3) is 0 Å². The molecule has 96 valence electrons. The topological polar surface area (TPSA) is 107 Å². The van der Waals surface area contributed by atoms with Crippen molar-refractivity contribution in [1.29, 1.82) is 0 Å². The van der Waals surface area contributed by atoms with Gasteiger partial charge in [-0.25, -0.2) is 9.59 Å². The number of rotatable bonds is 5. The first-order valence-electron chi connectivity index (χ1n) is 4.46. The highest BCUT2D eigenvalue weighted by Gasteiger charge is 2.32. The maximum absolute atomic E-state index is 10.5. The molecule has 0 unspecified atom stereocenters. The van der Waals surface area contributed by atoms with E-state index in [2.05, 4.69) is 17.9 Å². The van der Waals surface area contributed by atoms with E-state index in [-0.39, 0.29) is 6.61 Å². The largest absolute Gasteiger partial charge is 0.478 e. The van der Waals surface area contributed by atoms with Crippen LogP contribution in [0.2, 0.25) is 0 Å². The van der Waals surface area contributed by atoms with Crippen LogP contribution in [0.25, 0.3) is 0 Å². The molecule has 0 saturated carbocycles. The molecule has 0 amide bonds. The molecule has 0 bridgehead atoms. The second-order valence-corrected chi connectivity index (χ2v) is 3.42. The minimum atomic E-state index is -1.24. The molecular weight excluding hydrogens is 230 g/mol. The van der Waals surface area contributed by atoms with Crippen molar-refractivity contribution < 1.29 is 24.4 Å². The number of carbonyl (C=O) groups excluding carboxylic acids is 1. The summed E-state index contributed by atoms with van der Waals surface area (Å²) in [4.78, 5) is 29.6. The number of esters is 1. The van der Waals surface area contributed by atoms with Gasteiger partial charge in [-0.2, -0.15) is 0 Å². The van der Waals surface area contributed by atoms with Gasteiger partial charge < -0.3 is 9.84 Å². The molecule has 0 aromatic heterocycles. The number of nitro groups is 1. The minimum Gasteiger partial charge on any atom is -0.478 e. The van der Waals surface area contributed by atoms with Crippen LogP contribution in [0.5, 0.6) is 0 Å². The van der Waals surface area contributed by atoms with Crippen molar-refractivity contribution >= 4 is 11.9 Å². The maximum Gasteiger partial charge on any atom is 0.330 e. The van der Waals surface area contributed by atoms with E-state index >= 15 is 0 Å². The Bertz CT molecular complexity index is 321. The molecule has 0 fully saturated rings. The molecule has 0 rings (SSSR count). The lowest BCUT2D eigenvalue weighted by Gasteiger charge is -2.14. The van der Waals surface area contributed by atoms with Gasteiger partial charge in [-0.1, -0.05) is 13.2 Å². The SMILES string of the molecule is C=CC(=O)O.C=CC(=O)OCC(C)(C)[N+](=O)[O-]. The zero-order chi connectivity index (χ0) is 14.1. The monoisotopic (exact) mass is 245 g/mol. The van der Waals surface area contributed by atoms with Crippen LogP contribution in [0.4, 0.5) is 0 Å². The summed E-state index contributed by atoms with van der Waals surface area (Å²) in [6.45, 7) is 8.63. The van der Waals surface area contributed by atoms with Gasteiger partial charge in [-0.15, -0.1) is 0 Å². The number of nitrogens with zero attached hydrogens (tertiary/aromatic N) is 1. The van der Waals surface area contributed by atoms with Crippen molar-refractivity contribution in [2.24, 2.45) is 0 Å². The Morgan fingerprint density at radius 1 is 1.41 bits per heavy atom. The summed E-state index contributed by atoms with van der Waals surface area (Å²) in [5, 5.41) is 17.9. The molecule has 0 aliphatic carbocycles. The Labute approximate surface area is 98.5 Å². The number of carboxylic acids is 1. The van der Waals surface area contributed by atoms with E-state index in [1.54, 1.807) is 0 Å². The Kier molecular flexibility index (Phi) is 8.13. The number of hydrogen-bond donors (Lipinski definition) is 1. The fourth-order valence-corrected chi connectivity index (χ4v) is 0.359. The number of carbonyl (C=O) groups is 2. The molecular formula is C10H15NO6. The lowest BCUT2D eigenvalue weighted by molar-refractivity contribution is -0.563. The summed E-state index contributed by atoms with van der Waals surface area (Å²) < 4.78 is 4.52. The van der Waals surface area contributed by atoms with E-state index in [0.29, 0.717) is 0 Å². The zero-order valence-electron chi connectivity index (χ0n) is 9.71. The summed E-state index contributed by atoms with van der Waals surface area (Å²) in [6, 6.07) is 0. The van der Waals surface area contributed by atoms with Crippen LogP contribution in [0.1, 0.15) is 13.8 Å².